The summed E-state index contributed by atoms with van der Waals surface area (Å²) in [6.07, 6.45) is 0.108. The van der Waals surface area contributed by atoms with Gasteiger partial charge in [-0.05, 0) is 32.4 Å². The first-order valence-corrected chi connectivity index (χ1v) is 4.88. The molecule has 3 heteroatoms. The van der Waals surface area contributed by atoms with E-state index in [-0.39, 0.29) is 6.10 Å². The monoisotopic (exact) mass is 218 g/mol. The molecule has 1 rings (SSSR count). The smallest absolute Gasteiger partial charge is 0.139 e. The highest BCUT2D eigenvalue weighted by Gasteiger charge is 2.06. The average Bonchev–Trinajstić information content (AvgIpc) is 1.99. The van der Waals surface area contributed by atoms with Crippen molar-refractivity contribution in [1.82, 2.24) is 0 Å². The quantitative estimate of drug-likeness (QED) is 0.727. The third-order valence-electron chi connectivity index (χ3n) is 1.58. The largest absolute Gasteiger partial charge is 0.489 e. The Balaban J connectivity index is 3.01. The predicted molar refractivity (Wildman–Crippen MR) is 57.0 cm³/mol. The fourth-order valence-corrected chi connectivity index (χ4v) is 1.39. The van der Waals surface area contributed by atoms with E-state index in [4.69, 9.17) is 27.9 Å². The van der Waals surface area contributed by atoms with Crippen molar-refractivity contribution in [2.24, 2.45) is 0 Å². The Bertz CT molecular complexity index is 308. The van der Waals surface area contributed by atoms with E-state index in [1.54, 1.807) is 6.07 Å². The number of ether oxygens (including phenoxy) is 1. The molecule has 0 aliphatic carbocycles. The molecule has 1 aromatic rings. The SMILES string of the molecule is Cc1cc(Cl)c(OC(C)C)cc1Cl. The molecule has 13 heavy (non-hydrogen) atoms. The fourth-order valence-electron chi connectivity index (χ4n) is 0.972. The van der Waals surface area contributed by atoms with Gasteiger partial charge in [0.05, 0.1) is 11.1 Å². The van der Waals surface area contributed by atoms with E-state index in [0.717, 1.165) is 5.56 Å². The van der Waals surface area contributed by atoms with E-state index in [0.29, 0.717) is 15.8 Å². The molecule has 0 amide bonds. The summed E-state index contributed by atoms with van der Waals surface area (Å²) in [6, 6.07) is 3.56. The minimum atomic E-state index is 0.108. The first-order valence-electron chi connectivity index (χ1n) is 4.13. The van der Waals surface area contributed by atoms with Gasteiger partial charge in [0.2, 0.25) is 0 Å². The Labute approximate surface area is 88.6 Å². The van der Waals surface area contributed by atoms with Crippen LogP contribution in [-0.4, -0.2) is 6.10 Å². The highest BCUT2D eigenvalue weighted by molar-refractivity contribution is 6.34. The average molecular weight is 219 g/mol. The van der Waals surface area contributed by atoms with Crippen LogP contribution in [0.2, 0.25) is 10.0 Å². The van der Waals surface area contributed by atoms with E-state index < -0.39 is 0 Å². The summed E-state index contributed by atoms with van der Waals surface area (Å²) >= 11 is 11.9. The van der Waals surface area contributed by atoms with Crippen LogP contribution in [0.25, 0.3) is 0 Å². The highest BCUT2D eigenvalue weighted by Crippen LogP contribution is 2.31. The number of rotatable bonds is 2. The predicted octanol–water partition coefficient (Wildman–Crippen LogP) is 4.09. The highest BCUT2D eigenvalue weighted by atomic mass is 35.5. The number of hydrogen-bond donors (Lipinski definition) is 0. The van der Waals surface area contributed by atoms with Crippen molar-refractivity contribution in [1.29, 1.82) is 0 Å². The van der Waals surface area contributed by atoms with Crippen LogP contribution < -0.4 is 4.74 Å². The maximum atomic E-state index is 5.96. The molecule has 1 nitrogen and oxygen atoms in total. The van der Waals surface area contributed by atoms with Gasteiger partial charge in [-0.3, -0.25) is 0 Å². The fraction of sp³-hybridized carbons (Fsp3) is 0.400. The second-order valence-corrected chi connectivity index (χ2v) is 4.01. The van der Waals surface area contributed by atoms with Crippen molar-refractivity contribution in [3.05, 3.63) is 27.7 Å². The molecule has 0 radical (unpaired) electrons. The number of benzene rings is 1. The lowest BCUT2D eigenvalue weighted by atomic mass is 10.2. The van der Waals surface area contributed by atoms with E-state index in [2.05, 4.69) is 0 Å². The van der Waals surface area contributed by atoms with Crippen molar-refractivity contribution in [3.63, 3.8) is 0 Å². The van der Waals surface area contributed by atoms with Crippen LogP contribution in [0.4, 0.5) is 0 Å². The molecule has 0 N–H and O–H groups in total. The van der Waals surface area contributed by atoms with Crippen LogP contribution in [0.15, 0.2) is 12.1 Å². The Kier molecular flexibility index (Phi) is 3.46. The first kappa shape index (κ1) is 10.7. The van der Waals surface area contributed by atoms with E-state index >= 15 is 0 Å². The number of hydrogen-bond acceptors (Lipinski definition) is 1. The van der Waals surface area contributed by atoms with Gasteiger partial charge in [0.15, 0.2) is 0 Å². The minimum absolute atomic E-state index is 0.108. The summed E-state index contributed by atoms with van der Waals surface area (Å²) in [4.78, 5) is 0. The molecule has 1 aromatic carbocycles. The van der Waals surface area contributed by atoms with Crippen LogP contribution in [-0.2, 0) is 0 Å². The Morgan fingerprint density at radius 2 is 1.77 bits per heavy atom. The molecule has 0 bridgehead atoms. The van der Waals surface area contributed by atoms with Crippen LogP contribution in [0, 0.1) is 6.92 Å². The molecule has 0 heterocycles. The Morgan fingerprint density at radius 1 is 1.15 bits per heavy atom. The molecule has 0 aliphatic heterocycles. The molecular formula is C10H12Cl2O. The summed E-state index contributed by atoms with van der Waals surface area (Å²) in [5, 5.41) is 1.29. The lowest BCUT2D eigenvalue weighted by molar-refractivity contribution is 0.242. The van der Waals surface area contributed by atoms with Gasteiger partial charge in [-0.15, -0.1) is 0 Å². The third-order valence-corrected chi connectivity index (χ3v) is 2.28. The van der Waals surface area contributed by atoms with Gasteiger partial charge in [-0.1, -0.05) is 23.2 Å². The van der Waals surface area contributed by atoms with Crippen LogP contribution >= 0.6 is 23.2 Å². The molecule has 0 aliphatic rings. The minimum Gasteiger partial charge on any atom is -0.489 e. The second-order valence-electron chi connectivity index (χ2n) is 3.20. The van der Waals surface area contributed by atoms with Gasteiger partial charge in [-0.2, -0.15) is 0 Å². The van der Waals surface area contributed by atoms with Crippen molar-refractivity contribution in [2.45, 2.75) is 26.9 Å². The van der Waals surface area contributed by atoms with Crippen LogP contribution in [0.3, 0.4) is 0 Å². The molecule has 0 atom stereocenters. The van der Waals surface area contributed by atoms with Gasteiger partial charge < -0.3 is 4.74 Å². The lowest BCUT2D eigenvalue weighted by Crippen LogP contribution is -2.05. The molecule has 0 saturated carbocycles. The summed E-state index contributed by atoms with van der Waals surface area (Å²) in [5.74, 6) is 0.646. The standard InChI is InChI=1S/C10H12Cl2O/c1-6(2)13-10-5-8(11)7(3)4-9(10)12/h4-6H,1-3H3. The van der Waals surface area contributed by atoms with E-state index in [1.165, 1.54) is 0 Å². The first-order chi connectivity index (χ1) is 6.00. The maximum absolute atomic E-state index is 5.96. The Morgan fingerprint density at radius 3 is 2.31 bits per heavy atom. The van der Waals surface area contributed by atoms with Gasteiger partial charge >= 0.3 is 0 Å². The zero-order valence-corrected chi connectivity index (χ0v) is 9.41. The molecule has 72 valence electrons. The van der Waals surface area contributed by atoms with Crippen molar-refractivity contribution in [2.75, 3.05) is 0 Å². The normalized spacial score (nSPS) is 10.6. The van der Waals surface area contributed by atoms with Crippen molar-refractivity contribution in [3.8, 4) is 5.75 Å². The molecule has 0 saturated heterocycles. The van der Waals surface area contributed by atoms with Crippen molar-refractivity contribution >= 4 is 23.2 Å². The van der Waals surface area contributed by atoms with E-state index in [1.807, 2.05) is 26.8 Å². The molecular weight excluding hydrogens is 207 g/mol. The van der Waals surface area contributed by atoms with Gasteiger partial charge in [0.25, 0.3) is 0 Å². The third kappa shape index (κ3) is 2.78. The maximum Gasteiger partial charge on any atom is 0.139 e. The zero-order valence-electron chi connectivity index (χ0n) is 7.90. The lowest BCUT2D eigenvalue weighted by Gasteiger charge is -2.12. The number of halogens is 2. The summed E-state index contributed by atoms with van der Waals surface area (Å²) in [7, 11) is 0. The molecule has 0 fully saturated rings. The number of aryl methyl sites for hydroxylation is 1. The summed E-state index contributed by atoms with van der Waals surface area (Å²) < 4.78 is 5.46. The molecule has 0 spiro atoms. The Hall–Kier alpha value is -0.400. The second kappa shape index (κ2) is 4.21. The van der Waals surface area contributed by atoms with Gasteiger partial charge in [-0.25, -0.2) is 0 Å². The van der Waals surface area contributed by atoms with Gasteiger partial charge in [0.1, 0.15) is 5.75 Å². The zero-order chi connectivity index (χ0) is 10.0. The van der Waals surface area contributed by atoms with Crippen LogP contribution in [0.5, 0.6) is 5.75 Å². The van der Waals surface area contributed by atoms with E-state index in [9.17, 15) is 0 Å². The van der Waals surface area contributed by atoms with Crippen molar-refractivity contribution < 1.29 is 4.74 Å². The molecule has 0 aromatic heterocycles. The topological polar surface area (TPSA) is 9.23 Å². The summed E-state index contributed by atoms with van der Waals surface area (Å²) in [6.45, 7) is 5.81. The molecule has 0 unspecified atom stereocenters. The van der Waals surface area contributed by atoms with Crippen LogP contribution in [0.1, 0.15) is 19.4 Å². The summed E-state index contributed by atoms with van der Waals surface area (Å²) in [5.41, 5.74) is 0.961. The van der Waals surface area contributed by atoms with Gasteiger partial charge in [0, 0.05) is 11.1 Å².